The van der Waals surface area contributed by atoms with Crippen LogP contribution in [0.3, 0.4) is 0 Å². The third-order valence-electron chi connectivity index (χ3n) is 2.48. The van der Waals surface area contributed by atoms with E-state index in [-0.39, 0.29) is 0 Å². The number of carbonyl (C=O) groups is 1. The Labute approximate surface area is 114 Å². The van der Waals surface area contributed by atoms with Crippen LogP contribution in [0.2, 0.25) is 0 Å². The van der Waals surface area contributed by atoms with Crippen molar-refractivity contribution in [2.24, 2.45) is 0 Å². The number of carboxylic acid groups (broad SMARTS) is 1. The number of rotatable bonds is 6. The van der Waals surface area contributed by atoms with Gasteiger partial charge in [0.25, 0.3) is 0 Å². The van der Waals surface area contributed by atoms with E-state index < -0.39 is 5.97 Å². The minimum atomic E-state index is -0.905. The Morgan fingerprint density at radius 1 is 1.59 bits per heavy atom. The zero-order chi connectivity index (χ0) is 12.8. The molecular weight excluding hydrogens is 302 g/mol. The molecule has 94 valence electrons. The molecule has 0 bridgehead atoms. The first kappa shape index (κ1) is 14.4. The van der Waals surface area contributed by atoms with Crippen molar-refractivity contribution in [2.75, 3.05) is 18.1 Å². The fraction of sp³-hybridized carbons (Fsp3) is 0.417. The average Bonchev–Trinajstić information content (AvgIpc) is 2.28. The first-order valence-corrected chi connectivity index (χ1v) is 7.42. The smallest absolute Gasteiger partial charge is 0.337 e. The number of thioether (sulfide) groups is 1. The highest BCUT2D eigenvalue weighted by molar-refractivity contribution is 9.10. The highest BCUT2D eigenvalue weighted by Gasteiger charge is 2.10. The van der Waals surface area contributed by atoms with Crippen molar-refractivity contribution in [3.05, 3.63) is 28.2 Å². The third kappa shape index (κ3) is 4.60. The van der Waals surface area contributed by atoms with Gasteiger partial charge in [-0.1, -0.05) is 22.9 Å². The topological polar surface area (TPSA) is 49.3 Å². The summed E-state index contributed by atoms with van der Waals surface area (Å²) in [4.78, 5) is 11.0. The first-order valence-electron chi connectivity index (χ1n) is 5.34. The van der Waals surface area contributed by atoms with E-state index in [4.69, 9.17) is 5.11 Å². The lowest BCUT2D eigenvalue weighted by Crippen LogP contribution is -2.11. The zero-order valence-electron chi connectivity index (χ0n) is 9.87. The maximum Gasteiger partial charge on any atom is 0.337 e. The van der Waals surface area contributed by atoms with Crippen LogP contribution in [0.15, 0.2) is 22.7 Å². The lowest BCUT2D eigenvalue weighted by Gasteiger charge is -2.12. The Bertz CT molecular complexity index is 398. The van der Waals surface area contributed by atoms with Crippen molar-refractivity contribution in [2.45, 2.75) is 18.6 Å². The SMILES string of the molecule is CSC(C)CCNc1cc(Br)ccc1C(=O)O. The van der Waals surface area contributed by atoms with Gasteiger partial charge in [0.15, 0.2) is 0 Å². The van der Waals surface area contributed by atoms with Crippen molar-refractivity contribution in [3.8, 4) is 0 Å². The summed E-state index contributed by atoms with van der Waals surface area (Å²) in [5.74, 6) is -0.905. The summed E-state index contributed by atoms with van der Waals surface area (Å²) >= 11 is 5.15. The van der Waals surface area contributed by atoms with Gasteiger partial charge >= 0.3 is 5.97 Å². The van der Waals surface area contributed by atoms with Crippen LogP contribution in [-0.4, -0.2) is 29.1 Å². The summed E-state index contributed by atoms with van der Waals surface area (Å²) in [6.45, 7) is 2.93. The van der Waals surface area contributed by atoms with Crippen molar-refractivity contribution in [1.82, 2.24) is 0 Å². The summed E-state index contributed by atoms with van der Waals surface area (Å²) in [6, 6.07) is 5.14. The van der Waals surface area contributed by atoms with Crippen LogP contribution in [0.5, 0.6) is 0 Å². The molecule has 0 heterocycles. The lowest BCUT2D eigenvalue weighted by molar-refractivity contribution is 0.0698. The van der Waals surface area contributed by atoms with Gasteiger partial charge in [-0.2, -0.15) is 11.8 Å². The molecule has 0 amide bonds. The van der Waals surface area contributed by atoms with Gasteiger partial charge in [0, 0.05) is 22.0 Å². The lowest BCUT2D eigenvalue weighted by atomic mass is 10.1. The Morgan fingerprint density at radius 3 is 2.88 bits per heavy atom. The Balaban J connectivity index is 2.68. The van der Waals surface area contributed by atoms with E-state index in [1.165, 1.54) is 0 Å². The van der Waals surface area contributed by atoms with E-state index in [1.807, 2.05) is 11.8 Å². The Kier molecular flexibility index (Phi) is 5.85. The molecule has 1 atom stereocenters. The fourth-order valence-electron chi connectivity index (χ4n) is 1.38. The molecule has 0 radical (unpaired) electrons. The molecular formula is C12H16BrNO2S. The van der Waals surface area contributed by atoms with Gasteiger partial charge in [-0.25, -0.2) is 4.79 Å². The van der Waals surface area contributed by atoms with E-state index in [1.54, 1.807) is 18.2 Å². The summed E-state index contributed by atoms with van der Waals surface area (Å²) in [5, 5.41) is 12.8. The van der Waals surface area contributed by atoms with Gasteiger partial charge in [0.1, 0.15) is 0 Å². The molecule has 0 saturated carbocycles. The number of carboxylic acids is 1. The zero-order valence-corrected chi connectivity index (χ0v) is 12.3. The van der Waals surface area contributed by atoms with Crippen LogP contribution in [0, 0.1) is 0 Å². The number of hydrogen-bond donors (Lipinski definition) is 2. The van der Waals surface area contributed by atoms with Crippen LogP contribution in [0.25, 0.3) is 0 Å². The van der Waals surface area contributed by atoms with Gasteiger partial charge in [0.2, 0.25) is 0 Å². The molecule has 1 unspecified atom stereocenters. The molecule has 2 N–H and O–H groups in total. The molecule has 0 saturated heterocycles. The second-order valence-corrected chi connectivity index (χ2v) is 5.95. The molecule has 0 aliphatic heterocycles. The third-order valence-corrected chi connectivity index (χ3v) is 4.01. The molecule has 1 aromatic carbocycles. The van der Waals surface area contributed by atoms with Crippen LogP contribution in [0.4, 0.5) is 5.69 Å². The van der Waals surface area contributed by atoms with Gasteiger partial charge < -0.3 is 10.4 Å². The molecule has 3 nitrogen and oxygen atoms in total. The van der Waals surface area contributed by atoms with Crippen molar-refractivity contribution in [3.63, 3.8) is 0 Å². The van der Waals surface area contributed by atoms with E-state index in [2.05, 4.69) is 34.4 Å². The number of nitrogens with one attached hydrogen (secondary N) is 1. The second-order valence-electron chi connectivity index (χ2n) is 3.76. The fourth-order valence-corrected chi connectivity index (χ4v) is 2.09. The minimum Gasteiger partial charge on any atom is -0.478 e. The van der Waals surface area contributed by atoms with Crippen molar-refractivity contribution in [1.29, 1.82) is 0 Å². The number of anilines is 1. The van der Waals surface area contributed by atoms with Gasteiger partial charge in [0.05, 0.1) is 5.56 Å². The van der Waals surface area contributed by atoms with Crippen LogP contribution in [-0.2, 0) is 0 Å². The summed E-state index contributed by atoms with van der Waals surface area (Å²) in [7, 11) is 0. The van der Waals surface area contributed by atoms with Crippen LogP contribution < -0.4 is 5.32 Å². The number of hydrogen-bond acceptors (Lipinski definition) is 3. The quantitative estimate of drug-likeness (QED) is 0.840. The van der Waals surface area contributed by atoms with E-state index in [0.29, 0.717) is 16.5 Å². The maximum atomic E-state index is 11.0. The predicted octanol–water partition coefficient (Wildman–Crippen LogP) is 3.70. The normalized spacial score (nSPS) is 12.2. The number of benzene rings is 1. The monoisotopic (exact) mass is 317 g/mol. The van der Waals surface area contributed by atoms with Gasteiger partial charge in [-0.15, -0.1) is 0 Å². The van der Waals surface area contributed by atoms with Gasteiger partial charge in [-0.05, 0) is 30.9 Å². The van der Waals surface area contributed by atoms with Gasteiger partial charge in [-0.3, -0.25) is 0 Å². The highest BCUT2D eigenvalue weighted by Crippen LogP contribution is 2.22. The summed E-state index contributed by atoms with van der Waals surface area (Å²) < 4.78 is 0.878. The average molecular weight is 318 g/mol. The molecule has 0 aliphatic carbocycles. The number of halogens is 1. The Hall–Kier alpha value is -0.680. The van der Waals surface area contributed by atoms with E-state index in [0.717, 1.165) is 17.4 Å². The molecule has 5 heteroatoms. The summed E-state index contributed by atoms with van der Waals surface area (Å²) in [5.41, 5.74) is 0.977. The van der Waals surface area contributed by atoms with Crippen molar-refractivity contribution >= 4 is 39.3 Å². The van der Waals surface area contributed by atoms with Crippen LogP contribution in [0.1, 0.15) is 23.7 Å². The minimum absolute atomic E-state index is 0.310. The second kappa shape index (κ2) is 6.91. The first-order chi connectivity index (χ1) is 8.04. The molecule has 1 rings (SSSR count). The molecule has 17 heavy (non-hydrogen) atoms. The maximum absolute atomic E-state index is 11.0. The molecule has 0 fully saturated rings. The predicted molar refractivity (Wildman–Crippen MR) is 77.2 cm³/mol. The molecule has 0 aliphatic rings. The standard InChI is InChI=1S/C12H16BrNO2S/c1-8(17-2)5-6-14-11-7-9(13)3-4-10(11)12(15)16/h3-4,7-8,14H,5-6H2,1-2H3,(H,15,16). The molecule has 0 aromatic heterocycles. The molecule has 0 spiro atoms. The highest BCUT2D eigenvalue weighted by atomic mass is 79.9. The van der Waals surface area contributed by atoms with Crippen LogP contribution >= 0.6 is 27.7 Å². The van der Waals surface area contributed by atoms with Crippen molar-refractivity contribution < 1.29 is 9.90 Å². The van der Waals surface area contributed by atoms with E-state index in [9.17, 15) is 4.79 Å². The Morgan fingerprint density at radius 2 is 2.29 bits per heavy atom. The van der Waals surface area contributed by atoms with E-state index >= 15 is 0 Å². The largest absolute Gasteiger partial charge is 0.478 e. The molecule has 1 aromatic rings. The number of aromatic carboxylic acids is 1. The summed E-state index contributed by atoms with van der Waals surface area (Å²) in [6.07, 6.45) is 3.08.